The normalized spacial score (nSPS) is 12.5. The molecule has 1 unspecified atom stereocenters. The molecule has 0 fully saturated rings. The second-order valence-electron chi connectivity index (χ2n) is 6.52. The van der Waals surface area contributed by atoms with E-state index in [1.807, 2.05) is 66.7 Å². The first-order valence-corrected chi connectivity index (χ1v) is 8.41. The molecule has 0 aliphatic carbocycles. The summed E-state index contributed by atoms with van der Waals surface area (Å²) in [5.74, 6) is -0.0902. The number of rotatable bonds is 6. The third-order valence-corrected chi connectivity index (χ3v) is 4.58. The van der Waals surface area contributed by atoms with Crippen molar-refractivity contribution in [2.24, 2.45) is 0 Å². The molecule has 6 heteroatoms. The molecule has 2 aromatic heterocycles. The summed E-state index contributed by atoms with van der Waals surface area (Å²) in [4.78, 5) is 18.2. The standard InChI is InChI=1S/C20H23N3O3/c1-13-9-15(10-14(2)19(13)26-4)18(20(24)25)22(3)12-16-11-21-17-7-5-6-8-23(16)17/h5-11,18H,12H2,1-4H3,(H,24,25). The van der Waals surface area contributed by atoms with E-state index in [0.29, 0.717) is 6.54 Å². The highest BCUT2D eigenvalue weighted by atomic mass is 16.5. The van der Waals surface area contributed by atoms with Crippen molar-refractivity contribution in [3.05, 3.63) is 65.1 Å². The number of likely N-dealkylation sites (N-methyl/N-ethyl adjacent to an activating group) is 1. The number of pyridine rings is 1. The SMILES string of the molecule is COc1c(C)cc(C(C(=O)O)N(C)Cc2cnc3ccccn23)cc1C. The van der Waals surface area contributed by atoms with Crippen molar-refractivity contribution in [3.8, 4) is 5.75 Å². The van der Waals surface area contributed by atoms with Gasteiger partial charge >= 0.3 is 5.97 Å². The highest BCUT2D eigenvalue weighted by Crippen LogP contribution is 2.30. The number of aliphatic carboxylic acids is 1. The summed E-state index contributed by atoms with van der Waals surface area (Å²) in [6.45, 7) is 4.32. The molecule has 136 valence electrons. The predicted molar refractivity (Wildman–Crippen MR) is 99.5 cm³/mol. The molecule has 26 heavy (non-hydrogen) atoms. The number of hydrogen-bond acceptors (Lipinski definition) is 4. The number of hydrogen-bond donors (Lipinski definition) is 1. The van der Waals surface area contributed by atoms with Crippen LogP contribution >= 0.6 is 0 Å². The topological polar surface area (TPSA) is 67.1 Å². The maximum atomic E-state index is 12.0. The van der Waals surface area contributed by atoms with Crippen molar-refractivity contribution in [1.82, 2.24) is 14.3 Å². The van der Waals surface area contributed by atoms with Gasteiger partial charge in [-0.1, -0.05) is 18.2 Å². The Labute approximate surface area is 152 Å². The first-order valence-electron chi connectivity index (χ1n) is 8.41. The highest BCUT2D eigenvalue weighted by molar-refractivity contribution is 5.76. The highest BCUT2D eigenvalue weighted by Gasteiger charge is 2.26. The summed E-state index contributed by atoms with van der Waals surface area (Å²) in [7, 11) is 3.44. The zero-order valence-corrected chi connectivity index (χ0v) is 15.4. The Kier molecular flexibility index (Phi) is 4.95. The van der Waals surface area contributed by atoms with Crippen LogP contribution in [0.5, 0.6) is 5.75 Å². The summed E-state index contributed by atoms with van der Waals surface area (Å²) in [5, 5.41) is 9.85. The van der Waals surface area contributed by atoms with Crippen LogP contribution in [0.2, 0.25) is 0 Å². The smallest absolute Gasteiger partial charge is 0.325 e. The van der Waals surface area contributed by atoms with Gasteiger partial charge in [0.1, 0.15) is 17.4 Å². The van der Waals surface area contributed by atoms with Crippen LogP contribution in [-0.4, -0.2) is 39.5 Å². The fourth-order valence-corrected chi connectivity index (χ4v) is 3.50. The number of benzene rings is 1. The van der Waals surface area contributed by atoms with Crippen molar-refractivity contribution in [2.45, 2.75) is 26.4 Å². The number of nitrogens with zero attached hydrogens (tertiary/aromatic N) is 3. The van der Waals surface area contributed by atoms with Crippen LogP contribution in [0.3, 0.4) is 0 Å². The monoisotopic (exact) mass is 353 g/mol. The van der Waals surface area contributed by atoms with Crippen molar-refractivity contribution >= 4 is 11.6 Å². The first-order chi connectivity index (χ1) is 12.4. The number of aromatic nitrogens is 2. The fourth-order valence-electron chi connectivity index (χ4n) is 3.50. The van der Waals surface area contributed by atoms with Gasteiger partial charge in [0.2, 0.25) is 0 Å². The molecular formula is C20H23N3O3. The lowest BCUT2D eigenvalue weighted by molar-refractivity contribution is -0.143. The molecule has 1 N–H and O–H groups in total. The van der Waals surface area contributed by atoms with Gasteiger partial charge in [0.25, 0.3) is 0 Å². The Hall–Kier alpha value is -2.86. The van der Waals surface area contributed by atoms with Gasteiger partial charge in [-0.15, -0.1) is 0 Å². The van der Waals surface area contributed by atoms with Gasteiger partial charge in [-0.2, -0.15) is 0 Å². The molecule has 3 rings (SSSR count). The average Bonchev–Trinajstić information content (AvgIpc) is 2.97. The molecular weight excluding hydrogens is 330 g/mol. The van der Waals surface area contributed by atoms with E-state index in [-0.39, 0.29) is 0 Å². The van der Waals surface area contributed by atoms with Crippen LogP contribution in [0.15, 0.2) is 42.7 Å². The Morgan fingerprint density at radius 1 is 1.31 bits per heavy atom. The summed E-state index contributed by atoms with van der Waals surface area (Å²) < 4.78 is 7.36. The molecule has 1 aromatic carbocycles. The fraction of sp³-hybridized carbons (Fsp3) is 0.300. The third-order valence-electron chi connectivity index (χ3n) is 4.58. The second-order valence-corrected chi connectivity index (χ2v) is 6.52. The van der Waals surface area contributed by atoms with Gasteiger partial charge in [0, 0.05) is 12.7 Å². The molecule has 0 saturated carbocycles. The second kappa shape index (κ2) is 7.17. The van der Waals surface area contributed by atoms with Crippen molar-refractivity contribution < 1.29 is 14.6 Å². The molecule has 6 nitrogen and oxygen atoms in total. The number of carboxylic acids is 1. The van der Waals surface area contributed by atoms with Crippen LogP contribution < -0.4 is 4.74 Å². The number of ether oxygens (including phenoxy) is 1. The van der Waals surface area contributed by atoms with E-state index < -0.39 is 12.0 Å². The number of imidazole rings is 1. The van der Waals surface area contributed by atoms with E-state index in [1.54, 1.807) is 13.3 Å². The molecule has 1 atom stereocenters. The number of aryl methyl sites for hydroxylation is 2. The van der Waals surface area contributed by atoms with E-state index in [1.165, 1.54) is 0 Å². The Balaban J connectivity index is 1.94. The lowest BCUT2D eigenvalue weighted by Gasteiger charge is -2.26. The van der Waals surface area contributed by atoms with Crippen LogP contribution in [-0.2, 0) is 11.3 Å². The molecule has 0 saturated heterocycles. The van der Waals surface area contributed by atoms with Crippen LogP contribution in [0.4, 0.5) is 0 Å². The zero-order chi connectivity index (χ0) is 18.8. The van der Waals surface area contributed by atoms with Gasteiger partial charge in [0.15, 0.2) is 0 Å². The van der Waals surface area contributed by atoms with E-state index in [9.17, 15) is 9.90 Å². The molecule has 0 amide bonds. The molecule has 0 aliphatic heterocycles. The van der Waals surface area contributed by atoms with Crippen molar-refractivity contribution in [1.29, 1.82) is 0 Å². The number of methoxy groups -OCH3 is 1. The van der Waals surface area contributed by atoms with Gasteiger partial charge in [0.05, 0.1) is 19.0 Å². The summed E-state index contributed by atoms with van der Waals surface area (Å²) >= 11 is 0. The van der Waals surface area contributed by atoms with Gasteiger partial charge < -0.3 is 14.2 Å². The maximum absolute atomic E-state index is 12.0. The van der Waals surface area contributed by atoms with Crippen molar-refractivity contribution in [2.75, 3.05) is 14.2 Å². The Morgan fingerprint density at radius 3 is 2.62 bits per heavy atom. The van der Waals surface area contributed by atoms with Crippen LogP contribution in [0, 0.1) is 13.8 Å². The zero-order valence-electron chi connectivity index (χ0n) is 15.4. The number of fused-ring (bicyclic) bond motifs is 1. The molecule has 0 radical (unpaired) electrons. The van der Waals surface area contributed by atoms with E-state index in [0.717, 1.165) is 33.8 Å². The van der Waals surface area contributed by atoms with Gasteiger partial charge in [-0.05, 0) is 49.7 Å². The van der Waals surface area contributed by atoms with Gasteiger partial charge in [-0.3, -0.25) is 9.69 Å². The van der Waals surface area contributed by atoms with E-state index in [4.69, 9.17) is 4.74 Å². The summed E-state index contributed by atoms with van der Waals surface area (Å²) in [5.41, 5.74) is 4.38. The molecule has 0 aliphatic rings. The summed E-state index contributed by atoms with van der Waals surface area (Å²) in [6.07, 6.45) is 3.72. The van der Waals surface area contributed by atoms with Crippen LogP contribution in [0.25, 0.3) is 5.65 Å². The van der Waals surface area contributed by atoms with E-state index in [2.05, 4.69) is 4.98 Å². The summed E-state index contributed by atoms with van der Waals surface area (Å²) in [6, 6.07) is 8.80. The van der Waals surface area contributed by atoms with Gasteiger partial charge in [-0.25, -0.2) is 4.98 Å². The first kappa shape index (κ1) is 17.9. The lowest BCUT2D eigenvalue weighted by Crippen LogP contribution is -2.31. The quantitative estimate of drug-likeness (QED) is 0.737. The lowest BCUT2D eigenvalue weighted by atomic mass is 9.99. The average molecular weight is 353 g/mol. The molecule has 0 bridgehead atoms. The van der Waals surface area contributed by atoms with E-state index >= 15 is 0 Å². The minimum Gasteiger partial charge on any atom is -0.496 e. The molecule has 3 aromatic rings. The minimum atomic E-state index is -0.884. The largest absolute Gasteiger partial charge is 0.496 e. The Bertz CT molecular complexity index is 925. The third kappa shape index (κ3) is 3.28. The Morgan fingerprint density at radius 2 is 2.00 bits per heavy atom. The number of carbonyl (C=O) groups is 1. The maximum Gasteiger partial charge on any atom is 0.325 e. The van der Waals surface area contributed by atoms with Crippen LogP contribution in [0.1, 0.15) is 28.4 Å². The number of carboxylic acid groups (broad SMARTS) is 1. The molecule has 2 heterocycles. The predicted octanol–water partition coefficient (Wildman–Crippen LogP) is 3.22. The molecule has 0 spiro atoms. The van der Waals surface area contributed by atoms with Crippen molar-refractivity contribution in [3.63, 3.8) is 0 Å². The minimum absolute atomic E-state index is 0.465.